The number of allylic oxidation sites excluding steroid dienone is 1. The molecule has 0 fully saturated rings. The zero-order chi connectivity index (χ0) is 22.5. The Morgan fingerprint density at radius 3 is 2.76 bits per heavy atom. The topological polar surface area (TPSA) is 109 Å². The van der Waals surface area contributed by atoms with Gasteiger partial charge in [0.25, 0.3) is 0 Å². The van der Waals surface area contributed by atoms with Gasteiger partial charge in [-0.25, -0.2) is 4.98 Å². The second-order valence-electron chi connectivity index (χ2n) is 7.94. The van der Waals surface area contributed by atoms with Crippen LogP contribution in [0.2, 0.25) is 0 Å². The number of pyridine rings is 3. The Morgan fingerprint density at radius 2 is 1.94 bits per heavy atom. The smallest absolute Gasteiger partial charge is 0.138 e. The molecule has 6 rings (SSSR count). The van der Waals surface area contributed by atoms with Crippen LogP contribution in [-0.2, 0) is 0 Å². The number of nitrogens with zero attached hydrogens (tertiary/aromatic N) is 4. The van der Waals surface area contributed by atoms with Crippen LogP contribution in [0.4, 0.5) is 5.69 Å². The zero-order valence-corrected chi connectivity index (χ0v) is 18.6. The number of hydrogen-bond acceptors (Lipinski definition) is 6. The fourth-order valence-corrected chi connectivity index (χ4v) is 4.93. The van der Waals surface area contributed by atoms with Crippen molar-refractivity contribution in [3.05, 3.63) is 72.6 Å². The number of aromatic nitrogens is 6. The molecule has 6 aromatic heterocycles. The molecule has 0 aliphatic rings. The number of hydrogen-bond donors (Lipinski definition) is 3. The number of aromatic amines is 2. The zero-order valence-electron chi connectivity index (χ0n) is 17.8. The molecule has 8 heteroatoms. The van der Waals surface area contributed by atoms with E-state index in [1.807, 2.05) is 31.3 Å². The van der Waals surface area contributed by atoms with E-state index in [2.05, 4.69) is 54.9 Å². The van der Waals surface area contributed by atoms with Gasteiger partial charge in [0.1, 0.15) is 11.3 Å². The molecule has 0 amide bonds. The van der Waals surface area contributed by atoms with Crippen molar-refractivity contribution < 1.29 is 0 Å². The third kappa shape index (κ3) is 3.28. The molecular weight excluding hydrogens is 430 g/mol. The second kappa shape index (κ2) is 7.39. The lowest BCUT2D eigenvalue weighted by Crippen LogP contribution is -1.89. The summed E-state index contributed by atoms with van der Waals surface area (Å²) in [5, 5.41) is 9.66. The van der Waals surface area contributed by atoms with Gasteiger partial charge < -0.3 is 10.7 Å². The van der Waals surface area contributed by atoms with Crippen molar-refractivity contribution in [2.24, 2.45) is 0 Å². The maximum Gasteiger partial charge on any atom is 0.138 e. The fourth-order valence-electron chi connectivity index (χ4n) is 3.96. The summed E-state index contributed by atoms with van der Waals surface area (Å²) in [4.78, 5) is 19.1. The van der Waals surface area contributed by atoms with Gasteiger partial charge in [0.15, 0.2) is 0 Å². The normalized spacial score (nSPS) is 11.4. The standard InChI is InChI=1S/C25H19N7S/c1-13(2)22-3-4-23(33-22)16-5-6-28-25-17(16)8-20(30-25)24-18-9-19(29-12-21(18)31-32-24)14-7-15(26)11-27-10-14/h3-12H,1,26H2,2H3,(H,28,30)(H,31,32). The molecule has 160 valence electrons. The third-order valence-corrected chi connectivity index (χ3v) is 6.86. The number of nitrogen functional groups attached to an aromatic ring is 1. The summed E-state index contributed by atoms with van der Waals surface area (Å²) >= 11 is 1.73. The van der Waals surface area contributed by atoms with Gasteiger partial charge in [-0.2, -0.15) is 5.10 Å². The van der Waals surface area contributed by atoms with E-state index >= 15 is 0 Å². The molecule has 0 unspecified atom stereocenters. The minimum Gasteiger partial charge on any atom is -0.397 e. The molecule has 0 aromatic carbocycles. The van der Waals surface area contributed by atoms with Gasteiger partial charge in [0, 0.05) is 50.2 Å². The molecular formula is C25H19N7S. The highest BCUT2D eigenvalue weighted by Gasteiger charge is 2.16. The largest absolute Gasteiger partial charge is 0.397 e. The Balaban J connectivity index is 1.48. The molecule has 0 bridgehead atoms. The van der Waals surface area contributed by atoms with Gasteiger partial charge in [-0.05, 0) is 48.9 Å². The third-order valence-electron chi connectivity index (χ3n) is 5.58. The van der Waals surface area contributed by atoms with E-state index in [1.54, 1.807) is 29.9 Å². The highest BCUT2D eigenvalue weighted by atomic mass is 32.1. The van der Waals surface area contributed by atoms with Crippen LogP contribution < -0.4 is 5.73 Å². The summed E-state index contributed by atoms with van der Waals surface area (Å²) in [6, 6.07) is 12.3. The summed E-state index contributed by atoms with van der Waals surface area (Å²) in [5.74, 6) is 0. The number of nitrogens with one attached hydrogen (secondary N) is 2. The summed E-state index contributed by atoms with van der Waals surface area (Å²) in [7, 11) is 0. The average Bonchev–Trinajstić information content (AvgIpc) is 3.55. The van der Waals surface area contributed by atoms with E-state index in [-0.39, 0.29) is 0 Å². The molecule has 0 aliphatic heterocycles. The van der Waals surface area contributed by atoms with Crippen molar-refractivity contribution in [1.29, 1.82) is 0 Å². The van der Waals surface area contributed by atoms with E-state index in [0.29, 0.717) is 5.69 Å². The van der Waals surface area contributed by atoms with Crippen molar-refractivity contribution in [2.45, 2.75) is 6.92 Å². The van der Waals surface area contributed by atoms with Crippen LogP contribution in [0.5, 0.6) is 0 Å². The number of H-pyrrole nitrogens is 2. The molecule has 33 heavy (non-hydrogen) atoms. The van der Waals surface area contributed by atoms with Crippen molar-refractivity contribution >= 4 is 44.5 Å². The maximum absolute atomic E-state index is 5.91. The summed E-state index contributed by atoms with van der Waals surface area (Å²) in [6.07, 6.45) is 6.98. The minimum atomic E-state index is 0.597. The van der Waals surface area contributed by atoms with E-state index < -0.39 is 0 Å². The van der Waals surface area contributed by atoms with Crippen molar-refractivity contribution in [2.75, 3.05) is 5.73 Å². The molecule has 0 radical (unpaired) electrons. The van der Waals surface area contributed by atoms with Crippen molar-refractivity contribution in [3.8, 4) is 33.1 Å². The van der Waals surface area contributed by atoms with E-state index in [0.717, 1.165) is 55.7 Å². The molecule has 4 N–H and O–H groups in total. The quantitative estimate of drug-likeness (QED) is 0.310. The Labute approximate surface area is 193 Å². The number of fused-ring (bicyclic) bond motifs is 2. The summed E-state index contributed by atoms with van der Waals surface area (Å²) < 4.78 is 0. The highest BCUT2D eigenvalue weighted by Crippen LogP contribution is 2.37. The van der Waals surface area contributed by atoms with Gasteiger partial charge in [-0.15, -0.1) is 11.3 Å². The van der Waals surface area contributed by atoms with Gasteiger partial charge in [0.05, 0.1) is 28.8 Å². The average molecular weight is 450 g/mol. The lowest BCUT2D eigenvalue weighted by Gasteiger charge is -2.02. The van der Waals surface area contributed by atoms with Crippen LogP contribution in [0.15, 0.2) is 67.8 Å². The molecule has 0 spiro atoms. The monoisotopic (exact) mass is 449 g/mol. The highest BCUT2D eigenvalue weighted by molar-refractivity contribution is 7.16. The molecule has 7 nitrogen and oxygen atoms in total. The van der Waals surface area contributed by atoms with Crippen LogP contribution in [-0.4, -0.2) is 30.1 Å². The van der Waals surface area contributed by atoms with Gasteiger partial charge in [0.2, 0.25) is 0 Å². The van der Waals surface area contributed by atoms with E-state index in [9.17, 15) is 0 Å². The molecule has 6 heterocycles. The first kappa shape index (κ1) is 19.4. The van der Waals surface area contributed by atoms with Crippen LogP contribution in [0.1, 0.15) is 11.8 Å². The maximum atomic E-state index is 5.91. The SMILES string of the molecule is C=C(C)c1ccc(-c2ccnc3[nH]c(-c4n[nH]c5cnc(-c6cncc(N)c6)cc45)cc23)s1. The number of nitrogens with two attached hydrogens (primary N) is 1. The van der Waals surface area contributed by atoms with Crippen LogP contribution in [0, 0.1) is 0 Å². The van der Waals surface area contributed by atoms with Crippen molar-refractivity contribution in [1.82, 2.24) is 30.1 Å². The minimum absolute atomic E-state index is 0.597. The molecule has 0 atom stereocenters. The second-order valence-corrected chi connectivity index (χ2v) is 9.03. The lowest BCUT2D eigenvalue weighted by atomic mass is 10.1. The van der Waals surface area contributed by atoms with Gasteiger partial charge >= 0.3 is 0 Å². The van der Waals surface area contributed by atoms with Gasteiger partial charge in [-0.3, -0.25) is 15.1 Å². The molecule has 0 saturated heterocycles. The Morgan fingerprint density at radius 1 is 1.03 bits per heavy atom. The molecule has 6 aromatic rings. The number of anilines is 1. The number of thiophene rings is 1. The number of rotatable bonds is 4. The van der Waals surface area contributed by atoms with E-state index in [1.165, 1.54) is 9.75 Å². The molecule has 0 saturated carbocycles. The van der Waals surface area contributed by atoms with E-state index in [4.69, 9.17) is 5.73 Å². The van der Waals surface area contributed by atoms with Gasteiger partial charge in [-0.1, -0.05) is 6.58 Å². The van der Waals surface area contributed by atoms with Crippen molar-refractivity contribution in [3.63, 3.8) is 0 Å². The lowest BCUT2D eigenvalue weighted by molar-refractivity contribution is 1.11. The first-order valence-electron chi connectivity index (χ1n) is 10.4. The van der Waals surface area contributed by atoms with Crippen LogP contribution >= 0.6 is 11.3 Å². The summed E-state index contributed by atoms with van der Waals surface area (Å²) in [5.41, 5.74) is 13.7. The Kier molecular flexibility index (Phi) is 4.34. The first-order chi connectivity index (χ1) is 16.1. The van der Waals surface area contributed by atoms with Crippen LogP contribution in [0.25, 0.3) is 60.6 Å². The van der Waals surface area contributed by atoms with Crippen LogP contribution in [0.3, 0.4) is 0 Å². The Bertz CT molecular complexity index is 1670. The predicted octanol–water partition coefficient (Wildman–Crippen LogP) is 5.91. The fraction of sp³-hybridized carbons (Fsp3) is 0.0400. The summed E-state index contributed by atoms with van der Waals surface area (Å²) in [6.45, 7) is 6.09. The first-order valence-corrected chi connectivity index (χ1v) is 11.2. The molecule has 0 aliphatic carbocycles. The predicted molar refractivity (Wildman–Crippen MR) is 135 cm³/mol. The Hall–Kier alpha value is -4.30.